The Labute approximate surface area is 174 Å². The topological polar surface area (TPSA) is 93.3 Å². The highest BCUT2D eigenvalue weighted by atomic mass is 35.5. The molecular weight excluding hydrogens is 432 g/mol. The molecule has 0 aliphatic heterocycles. The number of benzene rings is 1. The van der Waals surface area contributed by atoms with Crippen molar-refractivity contribution in [3.05, 3.63) is 61.4 Å². The van der Waals surface area contributed by atoms with Gasteiger partial charge < -0.3 is 5.73 Å². The van der Waals surface area contributed by atoms with Gasteiger partial charge in [0.25, 0.3) is 5.91 Å². The number of aromatic nitrogens is 2. The smallest absolute Gasteiger partial charge is 0.291 e. The van der Waals surface area contributed by atoms with Crippen molar-refractivity contribution in [2.45, 2.75) is 6.92 Å². The number of nitrogens with two attached hydrogens (primary N) is 1. The number of carbonyl (C=O) groups is 1. The molecule has 0 unspecified atom stereocenters. The number of nitrogens with one attached hydrogen (secondary N) is 1. The molecule has 3 N–H and O–H groups in total. The van der Waals surface area contributed by atoms with Gasteiger partial charge in [-0.2, -0.15) is 5.10 Å². The van der Waals surface area contributed by atoms with Gasteiger partial charge in [0.15, 0.2) is 10.8 Å². The van der Waals surface area contributed by atoms with E-state index in [0.717, 1.165) is 16.5 Å². The molecule has 138 valence electrons. The molecule has 3 rings (SSSR count). The van der Waals surface area contributed by atoms with Crippen molar-refractivity contribution in [2.24, 2.45) is 5.10 Å². The molecule has 0 aliphatic carbocycles. The molecule has 0 spiro atoms. The molecule has 2 aromatic heterocycles. The number of fused-ring (bicyclic) bond motifs is 1. The van der Waals surface area contributed by atoms with Crippen LogP contribution < -0.4 is 11.2 Å². The number of carbonyl (C=O) groups excluding carboxylic acids is 1. The van der Waals surface area contributed by atoms with Crippen molar-refractivity contribution in [2.75, 3.05) is 5.73 Å². The van der Waals surface area contributed by atoms with Crippen LogP contribution in [0.15, 0.2) is 29.4 Å². The summed E-state index contributed by atoms with van der Waals surface area (Å²) in [5.74, 6) is -0.706. The number of rotatable bonds is 3. The van der Waals surface area contributed by atoms with Crippen LogP contribution in [0.5, 0.6) is 0 Å². The van der Waals surface area contributed by atoms with Crippen LogP contribution >= 0.6 is 46.4 Å². The van der Waals surface area contributed by atoms with E-state index >= 15 is 0 Å². The minimum atomic E-state index is -0.706. The lowest BCUT2D eigenvalue weighted by atomic mass is 10.1. The largest absolute Gasteiger partial charge is 0.396 e. The number of halogens is 4. The molecule has 0 aliphatic rings. The second-order valence-electron chi connectivity index (χ2n) is 5.56. The monoisotopic (exact) mass is 441 g/mol. The van der Waals surface area contributed by atoms with Gasteiger partial charge in [0, 0.05) is 10.9 Å². The summed E-state index contributed by atoms with van der Waals surface area (Å²) in [4.78, 5) is 20.4. The van der Waals surface area contributed by atoms with Crippen LogP contribution in [0.2, 0.25) is 20.4 Å². The van der Waals surface area contributed by atoms with E-state index in [1.807, 2.05) is 31.2 Å². The van der Waals surface area contributed by atoms with Crippen molar-refractivity contribution in [3.8, 4) is 0 Å². The van der Waals surface area contributed by atoms with E-state index in [0.29, 0.717) is 5.56 Å². The Bertz CT molecular complexity index is 1100. The zero-order chi connectivity index (χ0) is 19.7. The number of nitrogen functional groups attached to an aromatic ring is 1. The lowest BCUT2D eigenvalue weighted by Crippen LogP contribution is -2.20. The maximum Gasteiger partial charge on any atom is 0.291 e. The fraction of sp³-hybridized carbons (Fsp3) is 0.0588. The van der Waals surface area contributed by atoms with Gasteiger partial charge in [0.1, 0.15) is 10.2 Å². The normalized spacial score (nSPS) is 11.3. The van der Waals surface area contributed by atoms with Crippen LogP contribution in [0.25, 0.3) is 10.9 Å². The maximum atomic E-state index is 12.2. The van der Waals surface area contributed by atoms with Crippen molar-refractivity contribution in [1.82, 2.24) is 15.4 Å². The Balaban J connectivity index is 1.84. The predicted molar refractivity (Wildman–Crippen MR) is 110 cm³/mol. The lowest BCUT2D eigenvalue weighted by Gasteiger charge is -2.07. The molecule has 0 bridgehead atoms. The highest BCUT2D eigenvalue weighted by Crippen LogP contribution is 2.34. The minimum absolute atomic E-state index is 0.0222. The third-order valence-corrected chi connectivity index (χ3v) is 5.05. The predicted octanol–water partition coefficient (Wildman–Crippen LogP) is 4.90. The lowest BCUT2D eigenvalue weighted by molar-refractivity contribution is 0.0950. The van der Waals surface area contributed by atoms with Crippen molar-refractivity contribution in [3.63, 3.8) is 0 Å². The van der Waals surface area contributed by atoms with Gasteiger partial charge >= 0.3 is 0 Å². The van der Waals surface area contributed by atoms with Crippen LogP contribution in [0.4, 0.5) is 5.69 Å². The highest BCUT2D eigenvalue weighted by Gasteiger charge is 2.19. The SMILES string of the molecule is Cc1ccc2cc(/C=N\NC(=O)c3nc(Cl)c(Cl)c(N)c3Cl)c(Cl)nc2c1. The zero-order valence-electron chi connectivity index (χ0n) is 13.7. The molecule has 0 saturated heterocycles. The molecule has 0 saturated carbocycles. The first kappa shape index (κ1) is 19.6. The van der Waals surface area contributed by atoms with Gasteiger partial charge in [-0.15, -0.1) is 0 Å². The molecule has 0 radical (unpaired) electrons. The number of aryl methyl sites for hydroxylation is 1. The van der Waals surface area contributed by atoms with Gasteiger partial charge in [-0.1, -0.05) is 58.5 Å². The number of pyridine rings is 2. The number of nitrogens with zero attached hydrogens (tertiary/aromatic N) is 3. The number of hydrogen-bond donors (Lipinski definition) is 2. The first-order valence-corrected chi connectivity index (χ1v) is 8.99. The maximum absolute atomic E-state index is 12.2. The first-order chi connectivity index (χ1) is 12.8. The summed E-state index contributed by atoms with van der Waals surface area (Å²) in [5, 5.41) is 4.73. The van der Waals surface area contributed by atoms with E-state index in [-0.39, 0.29) is 31.7 Å². The second-order valence-corrected chi connectivity index (χ2v) is 7.03. The van der Waals surface area contributed by atoms with Crippen LogP contribution in [0.3, 0.4) is 0 Å². The third kappa shape index (κ3) is 4.09. The fourth-order valence-corrected chi connectivity index (χ4v) is 3.04. The Morgan fingerprint density at radius 3 is 2.59 bits per heavy atom. The molecule has 6 nitrogen and oxygen atoms in total. The molecule has 27 heavy (non-hydrogen) atoms. The summed E-state index contributed by atoms with van der Waals surface area (Å²) in [6, 6.07) is 7.61. The summed E-state index contributed by atoms with van der Waals surface area (Å²) in [5.41, 5.74) is 10.1. The summed E-state index contributed by atoms with van der Waals surface area (Å²) >= 11 is 23.8. The summed E-state index contributed by atoms with van der Waals surface area (Å²) in [7, 11) is 0. The van der Waals surface area contributed by atoms with Crippen molar-refractivity contribution < 1.29 is 4.79 Å². The third-order valence-electron chi connectivity index (χ3n) is 3.61. The molecule has 1 amide bonds. The fourth-order valence-electron chi connectivity index (χ4n) is 2.26. The highest BCUT2D eigenvalue weighted by molar-refractivity contribution is 6.46. The quantitative estimate of drug-likeness (QED) is 0.342. The molecule has 3 aromatic rings. The van der Waals surface area contributed by atoms with Gasteiger partial charge in [0.2, 0.25) is 0 Å². The Morgan fingerprint density at radius 2 is 1.85 bits per heavy atom. The van der Waals surface area contributed by atoms with Crippen molar-refractivity contribution >= 4 is 75.1 Å². The standard InChI is InChI=1S/C17H11Cl4N5O/c1-7-2-3-8-5-9(15(20)24-10(8)4-7)6-23-26-17(27)14-11(18)13(22)12(19)16(21)25-14/h2-6H,1H3,(H2,22,25)(H,26,27)/b23-6-. The average Bonchev–Trinajstić information content (AvgIpc) is 2.63. The second kappa shape index (κ2) is 7.86. The van der Waals surface area contributed by atoms with E-state index in [4.69, 9.17) is 52.1 Å². The van der Waals surface area contributed by atoms with E-state index in [1.165, 1.54) is 6.21 Å². The van der Waals surface area contributed by atoms with E-state index in [9.17, 15) is 4.79 Å². The number of hydrazone groups is 1. The number of amides is 1. The number of anilines is 1. The zero-order valence-corrected chi connectivity index (χ0v) is 16.7. The van der Waals surface area contributed by atoms with Crippen LogP contribution in [0.1, 0.15) is 21.6 Å². The van der Waals surface area contributed by atoms with Gasteiger partial charge in [-0.25, -0.2) is 15.4 Å². The molecular formula is C17H11Cl4N5O. The van der Waals surface area contributed by atoms with Crippen LogP contribution in [0, 0.1) is 6.92 Å². The molecule has 10 heteroatoms. The average molecular weight is 443 g/mol. The van der Waals surface area contributed by atoms with E-state index in [1.54, 1.807) is 0 Å². The van der Waals surface area contributed by atoms with Gasteiger partial charge in [0.05, 0.1) is 22.4 Å². The Morgan fingerprint density at radius 1 is 1.11 bits per heavy atom. The van der Waals surface area contributed by atoms with Gasteiger partial charge in [-0.3, -0.25) is 4.79 Å². The molecule has 1 aromatic carbocycles. The van der Waals surface area contributed by atoms with Gasteiger partial charge in [-0.05, 0) is 24.6 Å². The van der Waals surface area contributed by atoms with Crippen LogP contribution in [-0.2, 0) is 0 Å². The Kier molecular flexibility index (Phi) is 5.72. The Hall–Kier alpha value is -2.12. The van der Waals surface area contributed by atoms with E-state index in [2.05, 4.69) is 20.5 Å². The summed E-state index contributed by atoms with van der Waals surface area (Å²) < 4.78 is 0. The summed E-state index contributed by atoms with van der Waals surface area (Å²) in [6.45, 7) is 1.97. The minimum Gasteiger partial charge on any atom is -0.396 e. The van der Waals surface area contributed by atoms with E-state index < -0.39 is 5.91 Å². The first-order valence-electron chi connectivity index (χ1n) is 7.48. The van der Waals surface area contributed by atoms with Crippen LogP contribution in [-0.4, -0.2) is 22.1 Å². The van der Waals surface area contributed by atoms with Crippen molar-refractivity contribution in [1.29, 1.82) is 0 Å². The summed E-state index contributed by atoms with van der Waals surface area (Å²) in [6.07, 6.45) is 1.36. The molecule has 0 atom stereocenters. The molecule has 0 fully saturated rings. The molecule has 2 heterocycles. The number of hydrogen-bond acceptors (Lipinski definition) is 5.